The Kier molecular flexibility index (Phi) is 4.11. The van der Waals surface area contributed by atoms with Crippen molar-refractivity contribution in [3.05, 3.63) is 76.5 Å². The average molecular weight is 350 g/mol. The first-order valence-corrected chi connectivity index (χ1v) is 9.26. The molecule has 0 spiro atoms. The molecule has 118 valence electrons. The van der Waals surface area contributed by atoms with Gasteiger partial charge in [0.2, 0.25) is 0 Å². The Morgan fingerprint density at radius 2 is 1.83 bits per heavy atom. The summed E-state index contributed by atoms with van der Waals surface area (Å²) in [6.45, 7) is 0.546. The van der Waals surface area contributed by atoms with Gasteiger partial charge >= 0.3 is 0 Å². The third-order valence-corrected chi connectivity index (χ3v) is 5.65. The molecule has 4 rings (SSSR count). The fourth-order valence-electron chi connectivity index (χ4n) is 2.53. The minimum absolute atomic E-state index is 0.0711. The van der Waals surface area contributed by atoms with E-state index in [1.165, 1.54) is 0 Å². The zero-order valence-corrected chi connectivity index (χ0v) is 14.4. The topological polar surface area (TPSA) is 42.0 Å². The van der Waals surface area contributed by atoms with Gasteiger partial charge in [0.15, 0.2) is 0 Å². The van der Waals surface area contributed by atoms with E-state index in [-0.39, 0.29) is 5.91 Å². The highest BCUT2D eigenvalue weighted by Gasteiger charge is 2.15. The van der Waals surface area contributed by atoms with Crippen molar-refractivity contribution < 1.29 is 4.79 Å². The lowest BCUT2D eigenvalue weighted by Crippen LogP contribution is -2.22. The van der Waals surface area contributed by atoms with Crippen LogP contribution in [0.2, 0.25) is 0 Å². The van der Waals surface area contributed by atoms with E-state index < -0.39 is 0 Å². The van der Waals surface area contributed by atoms with Crippen LogP contribution in [0.1, 0.15) is 15.2 Å². The second-order valence-corrected chi connectivity index (χ2v) is 7.36. The Morgan fingerprint density at radius 1 is 1.00 bits per heavy atom. The molecule has 0 aliphatic carbocycles. The van der Waals surface area contributed by atoms with E-state index in [2.05, 4.69) is 16.4 Å². The number of fused-ring (bicyclic) bond motifs is 1. The number of carbonyl (C=O) groups is 1. The standard InChI is InChI=1S/C19H14N2OS2/c22-18(20-12-13-6-5-11-23-13)14-7-1-2-8-15(14)19-21-16-9-3-4-10-17(16)24-19/h1-11H,12H2,(H,20,22). The number of nitrogens with one attached hydrogen (secondary N) is 1. The molecule has 1 N–H and O–H groups in total. The number of thiazole rings is 1. The summed E-state index contributed by atoms with van der Waals surface area (Å²) in [6, 6.07) is 19.7. The number of rotatable bonds is 4. The van der Waals surface area contributed by atoms with Gasteiger partial charge in [-0.15, -0.1) is 22.7 Å². The number of nitrogens with zero attached hydrogens (tertiary/aromatic N) is 1. The fourth-order valence-corrected chi connectivity index (χ4v) is 4.18. The second kappa shape index (κ2) is 6.55. The summed E-state index contributed by atoms with van der Waals surface area (Å²) < 4.78 is 1.13. The minimum Gasteiger partial charge on any atom is -0.347 e. The second-order valence-electron chi connectivity index (χ2n) is 5.29. The zero-order valence-electron chi connectivity index (χ0n) is 12.7. The van der Waals surface area contributed by atoms with E-state index in [0.717, 1.165) is 25.7 Å². The van der Waals surface area contributed by atoms with E-state index in [0.29, 0.717) is 12.1 Å². The van der Waals surface area contributed by atoms with Crippen LogP contribution in [0.15, 0.2) is 66.0 Å². The Bertz CT molecular complexity index is 956. The number of hydrogen-bond donors (Lipinski definition) is 1. The predicted octanol–water partition coefficient (Wildman–Crippen LogP) is 4.95. The summed E-state index contributed by atoms with van der Waals surface area (Å²) in [6.07, 6.45) is 0. The third kappa shape index (κ3) is 2.96. The maximum Gasteiger partial charge on any atom is 0.252 e. The van der Waals surface area contributed by atoms with Crippen LogP contribution in [0.25, 0.3) is 20.8 Å². The van der Waals surface area contributed by atoms with Crippen LogP contribution in [0.5, 0.6) is 0 Å². The van der Waals surface area contributed by atoms with Crippen molar-refractivity contribution in [1.82, 2.24) is 10.3 Å². The molecular weight excluding hydrogens is 336 g/mol. The molecular formula is C19H14N2OS2. The summed E-state index contributed by atoms with van der Waals surface area (Å²) in [5.74, 6) is -0.0711. The molecule has 0 saturated heterocycles. The molecule has 0 saturated carbocycles. The Balaban J connectivity index is 1.65. The molecule has 1 amide bonds. The maximum absolute atomic E-state index is 12.6. The van der Waals surface area contributed by atoms with Crippen molar-refractivity contribution in [2.75, 3.05) is 0 Å². The highest BCUT2D eigenvalue weighted by atomic mass is 32.1. The lowest BCUT2D eigenvalue weighted by Gasteiger charge is -2.07. The van der Waals surface area contributed by atoms with Crippen LogP contribution >= 0.6 is 22.7 Å². The minimum atomic E-state index is -0.0711. The molecule has 0 unspecified atom stereocenters. The maximum atomic E-state index is 12.6. The highest BCUT2D eigenvalue weighted by Crippen LogP contribution is 2.32. The van der Waals surface area contributed by atoms with Gasteiger partial charge in [0.05, 0.1) is 16.8 Å². The monoisotopic (exact) mass is 350 g/mol. The number of carbonyl (C=O) groups excluding carboxylic acids is 1. The number of thiophene rings is 1. The van der Waals surface area contributed by atoms with Crippen molar-refractivity contribution in [2.24, 2.45) is 0 Å². The van der Waals surface area contributed by atoms with E-state index in [1.807, 2.05) is 60.0 Å². The predicted molar refractivity (Wildman–Crippen MR) is 101 cm³/mol. The summed E-state index contributed by atoms with van der Waals surface area (Å²) >= 11 is 3.25. The van der Waals surface area contributed by atoms with Gasteiger partial charge in [-0.25, -0.2) is 4.98 Å². The van der Waals surface area contributed by atoms with Crippen LogP contribution in [0.4, 0.5) is 0 Å². The smallest absolute Gasteiger partial charge is 0.252 e. The zero-order chi connectivity index (χ0) is 16.4. The molecule has 4 aromatic rings. The molecule has 0 aliphatic rings. The summed E-state index contributed by atoms with van der Waals surface area (Å²) in [5, 5.41) is 5.88. The van der Waals surface area contributed by atoms with Crippen molar-refractivity contribution in [2.45, 2.75) is 6.54 Å². The van der Waals surface area contributed by atoms with Crippen LogP contribution in [0.3, 0.4) is 0 Å². The molecule has 0 aliphatic heterocycles. The summed E-state index contributed by atoms with van der Waals surface area (Å²) in [7, 11) is 0. The van der Waals surface area contributed by atoms with E-state index >= 15 is 0 Å². The molecule has 24 heavy (non-hydrogen) atoms. The highest BCUT2D eigenvalue weighted by molar-refractivity contribution is 7.21. The normalized spacial score (nSPS) is 10.8. The number of aromatic nitrogens is 1. The number of para-hydroxylation sites is 1. The Morgan fingerprint density at radius 3 is 2.67 bits per heavy atom. The number of benzene rings is 2. The van der Waals surface area contributed by atoms with E-state index in [9.17, 15) is 4.79 Å². The van der Waals surface area contributed by atoms with E-state index in [4.69, 9.17) is 0 Å². The lowest BCUT2D eigenvalue weighted by molar-refractivity contribution is 0.0952. The van der Waals surface area contributed by atoms with Crippen LogP contribution in [0, 0.1) is 0 Å². The van der Waals surface area contributed by atoms with Gasteiger partial charge in [-0.2, -0.15) is 0 Å². The quantitative estimate of drug-likeness (QED) is 0.565. The Hall–Kier alpha value is -2.50. The number of amides is 1. The first-order valence-electron chi connectivity index (χ1n) is 7.57. The van der Waals surface area contributed by atoms with Gasteiger partial charge in [0, 0.05) is 16.0 Å². The summed E-state index contributed by atoms with van der Waals surface area (Å²) in [5.41, 5.74) is 2.50. The van der Waals surface area contributed by atoms with Crippen LogP contribution < -0.4 is 5.32 Å². The van der Waals surface area contributed by atoms with Gasteiger partial charge in [0.25, 0.3) is 5.91 Å². The lowest BCUT2D eigenvalue weighted by atomic mass is 10.1. The molecule has 2 aromatic heterocycles. The van der Waals surface area contributed by atoms with Crippen molar-refractivity contribution in [1.29, 1.82) is 0 Å². The largest absolute Gasteiger partial charge is 0.347 e. The Labute approximate surface area is 147 Å². The first kappa shape index (κ1) is 15.1. The molecule has 2 heterocycles. The molecule has 5 heteroatoms. The number of hydrogen-bond acceptors (Lipinski definition) is 4. The van der Waals surface area contributed by atoms with Gasteiger partial charge in [-0.05, 0) is 29.6 Å². The van der Waals surface area contributed by atoms with Gasteiger partial charge in [-0.3, -0.25) is 4.79 Å². The summed E-state index contributed by atoms with van der Waals surface area (Å²) in [4.78, 5) is 18.4. The fraction of sp³-hybridized carbons (Fsp3) is 0.0526. The molecule has 2 aromatic carbocycles. The van der Waals surface area contributed by atoms with E-state index in [1.54, 1.807) is 22.7 Å². The van der Waals surface area contributed by atoms with Crippen LogP contribution in [-0.2, 0) is 6.54 Å². The average Bonchev–Trinajstić information content (AvgIpc) is 3.29. The SMILES string of the molecule is O=C(NCc1cccs1)c1ccccc1-c1nc2ccccc2s1. The van der Waals surface area contributed by atoms with Gasteiger partial charge in [-0.1, -0.05) is 36.4 Å². The molecule has 0 atom stereocenters. The molecule has 0 radical (unpaired) electrons. The first-order chi connectivity index (χ1) is 11.8. The van der Waals surface area contributed by atoms with Crippen molar-refractivity contribution in [3.8, 4) is 10.6 Å². The molecule has 0 bridgehead atoms. The van der Waals surface area contributed by atoms with Crippen molar-refractivity contribution >= 4 is 38.8 Å². The molecule has 3 nitrogen and oxygen atoms in total. The van der Waals surface area contributed by atoms with Gasteiger partial charge in [0.1, 0.15) is 5.01 Å². The van der Waals surface area contributed by atoms with Crippen LogP contribution in [-0.4, -0.2) is 10.9 Å². The van der Waals surface area contributed by atoms with Crippen molar-refractivity contribution in [3.63, 3.8) is 0 Å². The van der Waals surface area contributed by atoms with Gasteiger partial charge < -0.3 is 5.32 Å². The molecule has 0 fully saturated rings. The third-order valence-electron chi connectivity index (χ3n) is 3.70.